The number of fused-ring (bicyclic) bond motifs is 1. The highest BCUT2D eigenvalue weighted by molar-refractivity contribution is 5.96. The molecule has 0 aromatic carbocycles. The molecular weight excluding hydrogens is 236 g/mol. The Morgan fingerprint density at radius 2 is 2.22 bits per heavy atom. The summed E-state index contributed by atoms with van der Waals surface area (Å²) in [5.74, 6) is -1.77. The monoisotopic (exact) mass is 256 g/mol. The Morgan fingerprint density at radius 3 is 2.89 bits per heavy atom. The lowest BCUT2D eigenvalue weighted by Gasteiger charge is -2.20. The summed E-state index contributed by atoms with van der Waals surface area (Å²) >= 11 is 0. The summed E-state index contributed by atoms with van der Waals surface area (Å²) in [6.07, 6.45) is 1.01. The van der Waals surface area contributed by atoms with Gasteiger partial charge in [-0.3, -0.25) is 9.59 Å². The molecular formula is C13H20O5. The predicted octanol–water partition coefficient (Wildman–Crippen LogP) is 0.888. The van der Waals surface area contributed by atoms with Crippen LogP contribution < -0.4 is 0 Å². The smallest absolute Gasteiger partial charge is 0.321 e. The van der Waals surface area contributed by atoms with Gasteiger partial charge in [0.1, 0.15) is 6.10 Å². The van der Waals surface area contributed by atoms with Gasteiger partial charge in [-0.25, -0.2) is 0 Å². The van der Waals surface area contributed by atoms with E-state index in [1.807, 2.05) is 0 Å². The van der Waals surface area contributed by atoms with Crippen molar-refractivity contribution in [2.24, 2.45) is 17.8 Å². The fourth-order valence-corrected chi connectivity index (χ4v) is 3.00. The number of carbonyl (C=O) groups is 2. The molecule has 1 heterocycles. The summed E-state index contributed by atoms with van der Waals surface area (Å²) in [5, 5.41) is 10.0. The largest absolute Gasteiger partial charge is 0.465 e. The highest BCUT2D eigenvalue weighted by atomic mass is 16.6. The number of hydrogen-bond acceptors (Lipinski definition) is 5. The van der Waals surface area contributed by atoms with Gasteiger partial charge in [0.25, 0.3) is 0 Å². The third-order valence-electron chi connectivity index (χ3n) is 3.91. The van der Waals surface area contributed by atoms with Gasteiger partial charge in [-0.15, -0.1) is 0 Å². The first kappa shape index (κ1) is 13.3. The second kappa shape index (κ2) is 5.26. The van der Waals surface area contributed by atoms with Crippen LogP contribution in [-0.4, -0.2) is 35.9 Å². The van der Waals surface area contributed by atoms with Gasteiger partial charge >= 0.3 is 11.9 Å². The minimum Gasteiger partial charge on any atom is -0.465 e. The van der Waals surface area contributed by atoms with Crippen LogP contribution in [0.3, 0.4) is 0 Å². The van der Waals surface area contributed by atoms with Gasteiger partial charge < -0.3 is 14.6 Å². The topological polar surface area (TPSA) is 72.8 Å². The van der Waals surface area contributed by atoms with Crippen LogP contribution in [0.2, 0.25) is 0 Å². The van der Waals surface area contributed by atoms with E-state index in [0.29, 0.717) is 12.3 Å². The van der Waals surface area contributed by atoms with Crippen LogP contribution in [0.1, 0.15) is 33.1 Å². The van der Waals surface area contributed by atoms with E-state index in [4.69, 9.17) is 9.47 Å². The van der Waals surface area contributed by atoms with Crippen molar-refractivity contribution in [2.45, 2.75) is 45.3 Å². The average Bonchev–Trinajstić information content (AvgIpc) is 2.57. The summed E-state index contributed by atoms with van der Waals surface area (Å²) in [4.78, 5) is 23.6. The SMILES string of the molecule is CCOC(=O)[C@@H]1C(=O)O[C@@H]2[C@H]1CC[C@H](C)C[C@@H]2O. The molecule has 2 fully saturated rings. The first-order valence-corrected chi connectivity index (χ1v) is 6.59. The highest BCUT2D eigenvalue weighted by Crippen LogP contribution is 2.40. The summed E-state index contributed by atoms with van der Waals surface area (Å²) in [6, 6.07) is 0. The fourth-order valence-electron chi connectivity index (χ4n) is 3.00. The van der Waals surface area contributed by atoms with Crippen molar-refractivity contribution < 1.29 is 24.2 Å². The van der Waals surface area contributed by atoms with Crippen LogP contribution >= 0.6 is 0 Å². The molecule has 0 aromatic rings. The van der Waals surface area contributed by atoms with E-state index >= 15 is 0 Å². The molecule has 5 atom stereocenters. The lowest BCUT2D eigenvalue weighted by atomic mass is 9.86. The summed E-state index contributed by atoms with van der Waals surface area (Å²) in [6.45, 7) is 4.02. The fraction of sp³-hybridized carbons (Fsp3) is 0.846. The van der Waals surface area contributed by atoms with Gasteiger partial charge in [0, 0.05) is 5.92 Å². The first-order chi connectivity index (χ1) is 8.54. The van der Waals surface area contributed by atoms with E-state index in [1.165, 1.54) is 0 Å². The Labute approximate surface area is 106 Å². The molecule has 0 amide bonds. The first-order valence-electron chi connectivity index (χ1n) is 6.59. The molecule has 0 bridgehead atoms. The summed E-state index contributed by atoms with van der Waals surface area (Å²) in [7, 11) is 0. The van der Waals surface area contributed by atoms with Gasteiger partial charge in [0.15, 0.2) is 5.92 Å². The minimum atomic E-state index is -0.852. The lowest BCUT2D eigenvalue weighted by Crippen LogP contribution is -2.33. The third kappa shape index (κ3) is 2.36. The van der Waals surface area contributed by atoms with Gasteiger partial charge in [-0.2, -0.15) is 0 Å². The molecule has 5 heteroatoms. The van der Waals surface area contributed by atoms with Crippen molar-refractivity contribution in [1.29, 1.82) is 0 Å². The number of ether oxygens (including phenoxy) is 2. The second-order valence-electron chi connectivity index (χ2n) is 5.28. The predicted molar refractivity (Wildman–Crippen MR) is 62.5 cm³/mol. The standard InChI is InChI=1S/C13H20O5/c1-3-17-12(15)10-8-5-4-7(2)6-9(14)11(8)18-13(10)16/h7-11,14H,3-6H2,1-2H3/t7-,8-,9-,10+,11+/m0/s1. The number of rotatable bonds is 2. The van der Waals surface area contributed by atoms with Crippen LogP contribution in [0.4, 0.5) is 0 Å². The van der Waals surface area contributed by atoms with Crippen LogP contribution in [-0.2, 0) is 19.1 Å². The number of aliphatic hydroxyl groups is 1. The van der Waals surface area contributed by atoms with E-state index in [1.54, 1.807) is 6.92 Å². The summed E-state index contributed by atoms with van der Waals surface area (Å²) in [5.41, 5.74) is 0. The van der Waals surface area contributed by atoms with Gasteiger partial charge in [0.05, 0.1) is 12.7 Å². The number of aliphatic hydroxyl groups excluding tert-OH is 1. The van der Waals surface area contributed by atoms with Gasteiger partial charge in [-0.05, 0) is 25.7 Å². The summed E-state index contributed by atoms with van der Waals surface area (Å²) < 4.78 is 10.1. The molecule has 1 aliphatic carbocycles. The van der Waals surface area contributed by atoms with Crippen molar-refractivity contribution in [1.82, 2.24) is 0 Å². The number of esters is 2. The van der Waals surface area contributed by atoms with Crippen LogP contribution in [0.15, 0.2) is 0 Å². The normalized spacial score (nSPS) is 39.7. The zero-order chi connectivity index (χ0) is 13.3. The lowest BCUT2D eigenvalue weighted by molar-refractivity contribution is -0.157. The average molecular weight is 256 g/mol. The maximum atomic E-state index is 11.8. The third-order valence-corrected chi connectivity index (χ3v) is 3.91. The molecule has 0 aromatic heterocycles. The molecule has 0 unspecified atom stereocenters. The molecule has 1 saturated carbocycles. The maximum Gasteiger partial charge on any atom is 0.321 e. The zero-order valence-corrected chi connectivity index (χ0v) is 10.8. The van der Waals surface area contributed by atoms with Crippen LogP contribution in [0.5, 0.6) is 0 Å². The van der Waals surface area contributed by atoms with Gasteiger partial charge in [0.2, 0.25) is 0 Å². The molecule has 2 rings (SSSR count). The van der Waals surface area contributed by atoms with Crippen molar-refractivity contribution in [3.05, 3.63) is 0 Å². The molecule has 2 aliphatic rings. The number of hydrogen-bond donors (Lipinski definition) is 1. The Kier molecular flexibility index (Phi) is 3.90. The van der Waals surface area contributed by atoms with Crippen LogP contribution in [0, 0.1) is 17.8 Å². The van der Waals surface area contributed by atoms with Crippen molar-refractivity contribution in [3.63, 3.8) is 0 Å². The van der Waals surface area contributed by atoms with Gasteiger partial charge in [-0.1, -0.05) is 13.3 Å². The van der Waals surface area contributed by atoms with E-state index in [0.717, 1.165) is 12.8 Å². The molecule has 1 aliphatic heterocycles. The molecule has 0 spiro atoms. The minimum absolute atomic E-state index is 0.239. The Morgan fingerprint density at radius 1 is 1.50 bits per heavy atom. The maximum absolute atomic E-state index is 11.8. The molecule has 1 N–H and O–H groups in total. The molecule has 5 nitrogen and oxygen atoms in total. The second-order valence-corrected chi connectivity index (χ2v) is 5.28. The van der Waals surface area contributed by atoms with E-state index in [9.17, 15) is 14.7 Å². The van der Waals surface area contributed by atoms with E-state index in [2.05, 4.69) is 6.92 Å². The Hall–Kier alpha value is -1.10. The van der Waals surface area contributed by atoms with Crippen LogP contribution in [0.25, 0.3) is 0 Å². The van der Waals surface area contributed by atoms with E-state index in [-0.39, 0.29) is 12.5 Å². The quantitative estimate of drug-likeness (QED) is 0.586. The van der Waals surface area contributed by atoms with Crippen molar-refractivity contribution in [3.8, 4) is 0 Å². The zero-order valence-electron chi connectivity index (χ0n) is 10.8. The molecule has 0 radical (unpaired) electrons. The number of carbonyl (C=O) groups excluding carboxylic acids is 2. The molecule has 102 valence electrons. The Bertz CT molecular complexity index is 340. The van der Waals surface area contributed by atoms with Crippen molar-refractivity contribution >= 4 is 11.9 Å². The molecule has 1 saturated heterocycles. The highest BCUT2D eigenvalue weighted by Gasteiger charge is 2.52. The Balaban J connectivity index is 2.17. The van der Waals surface area contributed by atoms with Crippen molar-refractivity contribution in [2.75, 3.05) is 6.61 Å². The molecule has 18 heavy (non-hydrogen) atoms. The van der Waals surface area contributed by atoms with E-state index < -0.39 is 30.1 Å².